The van der Waals surface area contributed by atoms with Crippen LogP contribution in [0.5, 0.6) is 0 Å². The number of likely N-dealkylation sites (tertiary alicyclic amines) is 1. The van der Waals surface area contributed by atoms with Crippen LogP contribution in [-0.2, 0) is 15.0 Å². The average molecular weight is 296 g/mol. The molecule has 1 saturated heterocycles. The molecule has 7 nitrogen and oxygen atoms in total. The summed E-state index contributed by atoms with van der Waals surface area (Å²) in [6.07, 6.45) is 1.46. The summed E-state index contributed by atoms with van der Waals surface area (Å²) in [5.74, 6) is 0.797. The fourth-order valence-electron chi connectivity index (χ4n) is 1.96. The summed E-state index contributed by atoms with van der Waals surface area (Å²) in [6, 6.07) is 0. The molecule has 0 unspecified atom stereocenters. The van der Waals surface area contributed by atoms with E-state index in [9.17, 15) is 13.5 Å². The van der Waals surface area contributed by atoms with Gasteiger partial charge in [-0.2, -0.15) is 13.1 Å². The van der Waals surface area contributed by atoms with Crippen LogP contribution in [0.25, 0.3) is 0 Å². The number of nitrogens with zero attached hydrogens (tertiary/aromatic N) is 1. The number of rotatable bonds is 8. The van der Waals surface area contributed by atoms with Gasteiger partial charge in [0.2, 0.25) is 0 Å². The Kier molecular flexibility index (Phi) is 7.19. The second-order valence-electron chi connectivity index (χ2n) is 5.08. The van der Waals surface area contributed by atoms with E-state index in [0.717, 1.165) is 25.6 Å². The molecule has 0 aliphatic carbocycles. The lowest BCUT2D eigenvalue weighted by Crippen LogP contribution is -2.37. The zero-order chi connectivity index (χ0) is 14.3. The lowest BCUT2D eigenvalue weighted by atomic mass is 9.99. The van der Waals surface area contributed by atoms with Crippen LogP contribution in [0.15, 0.2) is 0 Å². The standard InChI is InChI=1S/C11H24N2O5S/c1-10-2-4-13(5-3-10)6-7-18-9-11(14)8-12-19(15,16)17/h10-12,14H,2-9H2,1H3,(H,15,16,17)/t11-/m1/s1. The van der Waals surface area contributed by atoms with Crippen LogP contribution < -0.4 is 4.72 Å². The van der Waals surface area contributed by atoms with E-state index in [1.54, 1.807) is 4.72 Å². The minimum absolute atomic E-state index is 0.0484. The Morgan fingerprint density at radius 2 is 2.05 bits per heavy atom. The van der Waals surface area contributed by atoms with Crippen molar-refractivity contribution in [3.63, 3.8) is 0 Å². The van der Waals surface area contributed by atoms with Gasteiger partial charge in [-0.3, -0.25) is 4.55 Å². The Hall–Kier alpha value is -0.250. The molecule has 1 atom stereocenters. The number of piperidine rings is 1. The van der Waals surface area contributed by atoms with Crippen molar-refractivity contribution in [1.82, 2.24) is 9.62 Å². The molecular weight excluding hydrogens is 272 g/mol. The number of nitrogens with one attached hydrogen (secondary N) is 1. The second-order valence-corrected chi connectivity index (χ2v) is 6.32. The third-order valence-corrected chi connectivity index (χ3v) is 3.77. The van der Waals surface area contributed by atoms with Crippen LogP contribution in [0.1, 0.15) is 19.8 Å². The predicted molar refractivity (Wildman–Crippen MR) is 71.2 cm³/mol. The van der Waals surface area contributed by atoms with E-state index < -0.39 is 16.4 Å². The van der Waals surface area contributed by atoms with E-state index in [0.29, 0.717) is 6.61 Å². The molecule has 19 heavy (non-hydrogen) atoms. The first-order chi connectivity index (χ1) is 8.87. The molecule has 8 heteroatoms. The number of aliphatic hydroxyl groups excluding tert-OH is 1. The molecule has 1 heterocycles. The van der Waals surface area contributed by atoms with Crippen molar-refractivity contribution < 1.29 is 22.8 Å². The highest BCUT2D eigenvalue weighted by atomic mass is 32.2. The molecule has 0 aromatic rings. The maximum absolute atomic E-state index is 10.4. The maximum Gasteiger partial charge on any atom is 0.333 e. The average Bonchev–Trinajstić information content (AvgIpc) is 2.33. The monoisotopic (exact) mass is 296 g/mol. The summed E-state index contributed by atoms with van der Waals surface area (Å²) in [7, 11) is -4.25. The first kappa shape index (κ1) is 16.8. The number of ether oxygens (including phenoxy) is 1. The van der Waals surface area contributed by atoms with Crippen LogP contribution in [0, 0.1) is 5.92 Å². The number of hydrogen-bond acceptors (Lipinski definition) is 5. The van der Waals surface area contributed by atoms with Gasteiger partial charge < -0.3 is 14.7 Å². The quantitative estimate of drug-likeness (QED) is 0.412. The third-order valence-electron chi connectivity index (χ3n) is 3.24. The first-order valence-corrected chi connectivity index (χ1v) is 8.01. The first-order valence-electron chi connectivity index (χ1n) is 6.57. The van der Waals surface area contributed by atoms with Crippen LogP contribution in [0.2, 0.25) is 0 Å². The van der Waals surface area contributed by atoms with Crippen molar-refractivity contribution in [2.75, 3.05) is 39.4 Å². The molecule has 0 saturated carbocycles. The van der Waals surface area contributed by atoms with Crippen molar-refractivity contribution in [2.24, 2.45) is 5.92 Å². The smallest absolute Gasteiger partial charge is 0.333 e. The van der Waals surface area contributed by atoms with Gasteiger partial charge in [-0.25, -0.2) is 0 Å². The minimum atomic E-state index is -4.25. The van der Waals surface area contributed by atoms with Crippen molar-refractivity contribution in [3.8, 4) is 0 Å². The summed E-state index contributed by atoms with van der Waals surface area (Å²) in [5.41, 5.74) is 0. The van der Waals surface area contributed by atoms with E-state index in [1.807, 2.05) is 0 Å². The molecular formula is C11H24N2O5S. The molecule has 0 bridgehead atoms. The van der Waals surface area contributed by atoms with E-state index in [-0.39, 0.29) is 13.2 Å². The number of aliphatic hydroxyl groups is 1. The highest BCUT2D eigenvalue weighted by Gasteiger charge is 2.15. The molecule has 0 spiro atoms. The lowest BCUT2D eigenvalue weighted by Gasteiger charge is -2.30. The van der Waals surface area contributed by atoms with Gasteiger partial charge in [0.1, 0.15) is 0 Å². The molecule has 0 aromatic carbocycles. The Balaban J connectivity index is 2.01. The molecule has 1 aliphatic heterocycles. The van der Waals surface area contributed by atoms with Gasteiger partial charge in [0.05, 0.1) is 19.3 Å². The Morgan fingerprint density at radius 1 is 1.42 bits per heavy atom. The Labute approximate surface area is 114 Å². The largest absolute Gasteiger partial charge is 0.389 e. The molecule has 114 valence electrons. The van der Waals surface area contributed by atoms with E-state index in [4.69, 9.17) is 9.29 Å². The highest BCUT2D eigenvalue weighted by molar-refractivity contribution is 7.83. The van der Waals surface area contributed by atoms with Gasteiger partial charge in [0, 0.05) is 13.1 Å². The van der Waals surface area contributed by atoms with Crippen LogP contribution in [0.4, 0.5) is 0 Å². The summed E-state index contributed by atoms with van der Waals surface area (Å²) in [4.78, 5) is 2.32. The van der Waals surface area contributed by atoms with Crippen LogP contribution in [-0.4, -0.2) is 68.5 Å². The molecule has 0 amide bonds. The van der Waals surface area contributed by atoms with Gasteiger partial charge in [0.25, 0.3) is 0 Å². The maximum atomic E-state index is 10.4. The molecule has 1 rings (SSSR count). The molecule has 1 aliphatic rings. The third kappa shape index (κ3) is 8.51. The van der Waals surface area contributed by atoms with Crippen molar-refractivity contribution in [3.05, 3.63) is 0 Å². The van der Waals surface area contributed by atoms with Crippen molar-refractivity contribution in [1.29, 1.82) is 0 Å². The summed E-state index contributed by atoms with van der Waals surface area (Å²) < 4.78 is 36.3. The van der Waals surface area contributed by atoms with E-state index in [2.05, 4.69) is 11.8 Å². The molecule has 0 aromatic heterocycles. The molecule has 0 radical (unpaired) electrons. The zero-order valence-corrected chi connectivity index (χ0v) is 12.1. The predicted octanol–water partition coefficient (Wildman–Crippen LogP) is -0.512. The summed E-state index contributed by atoms with van der Waals surface area (Å²) >= 11 is 0. The Morgan fingerprint density at radius 3 is 2.63 bits per heavy atom. The number of hydrogen-bond donors (Lipinski definition) is 3. The molecule has 3 N–H and O–H groups in total. The fraction of sp³-hybridized carbons (Fsp3) is 1.00. The van der Waals surface area contributed by atoms with E-state index >= 15 is 0 Å². The SMILES string of the molecule is CC1CCN(CCOC[C@H](O)CNS(=O)(=O)O)CC1. The van der Waals surface area contributed by atoms with Gasteiger partial charge in [-0.1, -0.05) is 6.92 Å². The Bertz CT molecular complexity index is 341. The van der Waals surface area contributed by atoms with Gasteiger partial charge >= 0.3 is 10.3 Å². The highest BCUT2D eigenvalue weighted by Crippen LogP contribution is 2.15. The van der Waals surface area contributed by atoms with Gasteiger partial charge in [0.15, 0.2) is 0 Å². The normalized spacial score (nSPS) is 20.6. The van der Waals surface area contributed by atoms with Crippen molar-refractivity contribution in [2.45, 2.75) is 25.9 Å². The zero-order valence-electron chi connectivity index (χ0n) is 11.3. The minimum Gasteiger partial charge on any atom is -0.389 e. The van der Waals surface area contributed by atoms with Gasteiger partial charge in [-0.15, -0.1) is 0 Å². The fourth-order valence-corrected chi connectivity index (χ4v) is 2.36. The molecule has 1 fully saturated rings. The van der Waals surface area contributed by atoms with Gasteiger partial charge in [-0.05, 0) is 31.8 Å². The van der Waals surface area contributed by atoms with Crippen LogP contribution >= 0.6 is 0 Å². The second kappa shape index (κ2) is 8.13. The van der Waals surface area contributed by atoms with Crippen molar-refractivity contribution >= 4 is 10.3 Å². The van der Waals surface area contributed by atoms with Crippen LogP contribution in [0.3, 0.4) is 0 Å². The van der Waals surface area contributed by atoms with E-state index in [1.165, 1.54) is 12.8 Å². The summed E-state index contributed by atoms with van der Waals surface area (Å²) in [5, 5.41) is 9.41. The lowest BCUT2D eigenvalue weighted by molar-refractivity contribution is 0.0259. The topological polar surface area (TPSA) is 99.1 Å². The summed E-state index contributed by atoms with van der Waals surface area (Å²) in [6.45, 7) is 5.55.